The Balaban J connectivity index is 2.03. The highest BCUT2D eigenvalue weighted by Gasteiger charge is 2.52. The van der Waals surface area contributed by atoms with Gasteiger partial charge in [0.2, 0.25) is 0 Å². The molecule has 1 aromatic rings. The first kappa shape index (κ1) is 13.1. The molecule has 0 heterocycles. The molecule has 104 valence electrons. The van der Waals surface area contributed by atoms with E-state index in [9.17, 15) is 0 Å². The molecule has 0 aromatic heterocycles. The average molecular weight is 258 g/mol. The van der Waals surface area contributed by atoms with E-state index in [1.807, 2.05) is 0 Å². The van der Waals surface area contributed by atoms with Crippen molar-refractivity contribution in [3.05, 3.63) is 35.4 Å². The van der Waals surface area contributed by atoms with Gasteiger partial charge in [-0.25, -0.2) is 0 Å². The van der Waals surface area contributed by atoms with E-state index < -0.39 is 0 Å². The molecule has 2 N–H and O–H groups in total. The first-order chi connectivity index (χ1) is 9.22. The Bertz CT molecular complexity index is 421. The molecule has 0 amide bonds. The summed E-state index contributed by atoms with van der Waals surface area (Å²) < 4.78 is 0. The lowest BCUT2D eigenvalue weighted by molar-refractivity contribution is 0.0509. The summed E-state index contributed by atoms with van der Waals surface area (Å²) in [5.74, 6) is 1.46. The third kappa shape index (κ3) is 1.85. The Kier molecular flexibility index (Phi) is 3.40. The molecule has 1 saturated carbocycles. The molecule has 2 nitrogen and oxygen atoms in total. The Morgan fingerprint density at radius 2 is 1.68 bits per heavy atom. The van der Waals surface area contributed by atoms with Crippen LogP contribution in [0.4, 0.5) is 0 Å². The minimum Gasteiger partial charge on any atom is -0.329 e. The Morgan fingerprint density at radius 3 is 2.11 bits per heavy atom. The summed E-state index contributed by atoms with van der Waals surface area (Å²) in [7, 11) is 2.27. The first-order valence-corrected chi connectivity index (χ1v) is 7.70. The molecule has 19 heavy (non-hydrogen) atoms. The fourth-order valence-electron chi connectivity index (χ4n) is 4.69. The van der Waals surface area contributed by atoms with Gasteiger partial charge in [-0.05, 0) is 62.2 Å². The SMILES string of the molecule is CCN(C)C1(CN)C2CCC1Cc1ccccc1C2. The molecule has 2 heteroatoms. The summed E-state index contributed by atoms with van der Waals surface area (Å²) in [6.45, 7) is 4.16. The standard InChI is InChI=1S/C17H26N2/c1-3-19(2)17(12-18)15-8-9-16(17)11-14-7-5-4-6-13(14)10-15/h4-7,15-16H,3,8-12,18H2,1-2H3. The molecule has 2 atom stereocenters. The van der Waals surface area contributed by atoms with E-state index in [0.717, 1.165) is 24.9 Å². The van der Waals surface area contributed by atoms with Gasteiger partial charge in [0.15, 0.2) is 0 Å². The van der Waals surface area contributed by atoms with Crippen molar-refractivity contribution in [1.82, 2.24) is 4.90 Å². The fourth-order valence-corrected chi connectivity index (χ4v) is 4.69. The van der Waals surface area contributed by atoms with Gasteiger partial charge in [0.25, 0.3) is 0 Å². The van der Waals surface area contributed by atoms with Gasteiger partial charge in [0.1, 0.15) is 0 Å². The number of rotatable bonds is 3. The molecule has 2 aliphatic carbocycles. The maximum Gasteiger partial charge on any atom is 0.0391 e. The summed E-state index contributed by atoms with van der Waals surface area (Å²) in [6, 6.07) is 9.02. The Hall–Kier alpha value is -0.860. The van der Waals surface area contributed by atoms with Crippen molar-refractivity contribution in [3.8, 4) is 0 Å². The van der Waals surface area contributed by atoms with E-state index >= 15 is 0 Å². The molecule has 3 rings (SSSR count). The number of hydrogen-bond acceptors (Lipinski definition) is 2. The van der Waals surface area contributed by atoms with Gasteiger partial charge in [-0.3, -0.25) is 4.90 Å². The normalized spacial score (nSPS) is 33.3. The monoisotopic (exact) mass is 258 g/mol. The smallest absolute Gasteiger partial charge is 0.0391 e. The van der Waals surface area contributed by atoms with Crippen LogP contribution in [0.15, 0.2) is 24.3 Å². The van der Waals surface area contributed by atoms with Gasteiger partial charge in [-0.2, -0.15) is 0 Å². The molecule has 1 aromatic carbocycles. The third-order valence-electron chi connectivity index (χ3n) is 5.84. The van der Waals surface area contributed by atoms with E-state index in [-0.39, 0.29) is 5.54 Å². The average Bonchev–Trinajstić information content (AvgIpc) is 2.69. The zero-order valence-corrected chi connectivity index (χ0v) is 12.2. The highest BCUT2D eigenvalue weighted by atomic mass is 15.2. The van der Waals surface area contributed by atoms with Crippen LogP contribution in [0.2, 0.25) is 0 Å². The summed E-state index contributed by atoms with van der Waals surface area (Å²) >= 11 is 0. The number of fused-ring (bicyclic) bond motifs is 3. The lowest BCUT2D eigenvalue weighted by Gasteiger charge is -2.46. The van der Waals surface area contributed by atoms with Crippen molar-refractivity contribution < 1.29 is 0 Å². The van der Waals surface area contributed by atoms with Gasteiger partial charge in [-0.15, -0.1) is 0 Å². The number of hydrogen-bond donors (Lipinski definition) is 1. The van der Waals surface area contributed by atoms with E-state index in [0.29, 0.717) is 0 Å². The second-order valence-electron chi connectivity index (χ2n) is 6.36. The van der Waals surface area contributed by atoms with Gasteiger partial charge < -0.3 is 5.73 Å². The van der Waals surface area contributed by atoms with Crippen LogP contribution in [0.25, 0.3) is 0 Å². The minimum atomic E-state index is 0.230. The summed E-state index contributed by atoms with van der Waals surface area (Å²) in [5, 5.41) is 0. The second kappa shape index (κ2) is 4.92. The van der Waals surface area contributed by atoms with Crippen LogP contribution in [0, 0.1) is 11.8 Å². The maximum atomic E-state index is 6.30. The zero-order valence-electron chi connectivity index (χ0n) is 12.2. The molecular weight excluding hydrogens is 232 g/mol. The topological polar surface area (TPSA) is 29.3 Å². The highest BCUT2D eigenvalue weighted by molar-refractivity contribution is 5.32. The van der Waals surface area contributed by atoms with Crippen molar-refractivity contribution >= 4 is 0 Å². The molecule has 2 unspecified atom stereocenters. The molecule has 0 saturated heterocycles. The van der Waals surface area contributed by atoms with Crippen molar-refractivity contribution in [3.63, 3.8) is 0 Å². The quantitative estimate of drug-likeness (QED) is 0.902. The molecule has 2 bridgehead atoms. The van der Waals surface area contributed by atoms with Gasteiger partial charge in [-0.1, -0.05) is 31.2 Å². The number of nitrogens with zero attached hydrogens (tertiary/aromatic N) is 1. The predicted molar refractivity (Wildman–Crippen MR) is 80.2 cm³/mol. The van der Waals surface area contributed by atoms with Crippen LogP contribution in [-0.4, -0.2) is 30.6 Å². The van der Waals surface area contributed by atoms with Crippen LogP contribution in [0.3, 0.4) is 0 Å². The number of nitrogens with two attached hydrogens (primary N) is 1. The lowest BCUT2D eigenvalue weighted by atomic mass is 9.77. The van der Waals surface area contributed by atoms with Gasteiger partial charge in [0, 0.05) is 12.1 Å². The largest absolute Gasteiger partial charge is 0.329 e. The molecule has 1 fully saturated rings. The molecule has 0 spiro atoms. The Labute approximate surface area is 117 Å². The summed E-state index contributed by atoms with van der Waals surface area (Å²) in [5.41, 5.74) is 9.66. The maximum absolute atomic E-state index is 6.30. The van der Waals surface area contributed by atoms with E-state index in [1.165, 1.54) is 25.7 Å². The van der Waals surface area contributed by atoms with Crippen molar-refractivity contribution in [2.45, 2.75) is 38.1 Å². The lowest BCUT2D eigenvalue weighted by Crippen LogP contribution is -2.59. The van der Waals surface area contributed by atoms with Gasteiger partial charge in [0.05, 0.1) is 0 Å². The summed E-state index contributed by atoms with van der Waals surface area (Å²) in [4.78, 5) is 2.54. The molecule has 2 aliphatic rings. The van der Waals surface area contributed by atoms with Crippen LogP contribution >= 0.6 is 0 Å². The molecule has 0 radical (unpaired) electrons. The van der Waals surface area contributed by atoms with E-state index in [2.05, 4.69) is 43.1 Å². The number of benzene rings is 1. The van der Waals surface area contributed by atoms with Gasteiger partial charge >= 0.3 is 0 Å². The minimum absolute atomic E-state index is 0.230. The van der Waals surface area contributed by atoms with Crippen LogP contribution in [-0.2, 0) is 12.8 Å². The second-order valence-corrected chi connectivity index (χ2v) is 6.36. The third-order valence-corrected chi connectivity index (χ3v) is 5.84. The van der Waals surface area contributed by atoms with Crippen LogP contribution in [0.5, 0.6) is 0 Å². The van der Waals surface area contributed by atoms with Crippen LogP contribution in [0.1, 0.15) is 30.9 Å². The molecular formula is C17H26N2. The number of likely N-dealkylation sites (N-methyl/N-ethyl adjacent to an activating group) is 1. The van der Waals surface area contributed by atoms with Crippen LogP contribution < -0.4 is 5.73 Å². The van der Waals surface area contributed by atoms with E-state index in [1.54, 1.807) is 11.1 Å². The molecule has 0 aliphatic heterocycles. The van der Waals surface area contributed by atoms with E-state index in [4.69, 9.17) is 5.73 Å². The van der Waals surface area contributed by atoms with Crippen molar-refractivity contribution in [2.24, 2.45) is 17.6 Å². The zero-order chi connectivity index (χ0) is 13.5. The first-order valence-electron chi connectivity index (χ1n) is 7.70. The fraction of sp³-hybridized carbons (Fsp3) is 0.647. The predicted octanol–water partition coefficient (Wildman–Crippen LogP) is 2.46. The summed E-state index contributed by atoms with van der Waals surface area (Å²) in [6.07, 6.45) is 5.13. The van der Waals surface area contributed by atoms with Crippen molar-refractivity contribution in [2.75, 3.05) is 20.1 Å². The van der Waals surface area contributed by atoms with Crippen molar-refractivity contribution in [1.29, 1.82) is 0 Å². The Morgan fingerprint density at radius 1 is 1.16 bits per heavy atom. The highest BCUT2D eigenvalue weighted by Crippen LogP contribution is 2.49.